The fourth-order valence-corrected chi connectivity index (χ4v) is 2.35. The van der Waals surface area contributed by atoms with Crippen molar-refractivity contribution >= 4 is 16.9 Å². The van der Waals surface area contributed by atoms with E-state index in [2.05, 4.69) is 15.1 Å². The molecule has 0 unspecified atom stereocenters. The van der Waals surface area contributed by atoms with E-state index in [0.29, 0.717) is 27.9 Å². The third-order valence-electron chi connectivity index (χ3n) is 3.54. The minimum Gasteiger partial charge on any atom is -0.451 e. The lowest BCUT2D eigenvalue weighted by molar-refractivity contribution is 0.0317. The number of carbonyl (C=O) groups is 1. The van der Waals surface area contributed by atoms with Crippen molar-refractivity contribution < 1.29 is 14.1 Å². The van der Waals surface area contributed by atoms with Crippen molar-refractivity contribution in [1.29, 1.82) is 0 Å². The standard InChI is InChI=1S/C16H15N3O4/c1-8-13(9(2)23-19-8)16(21)22-10(3)14-17-12-7-5-4-6-11(12)15(20)18-14/h4-7,10H,1-3H3,(H,17,18,20)/t10-/m1/s1. The van der Waals surface area contributed by atoms with E-state index < -0.39 is 12.1 Å². The van der Waals surface area contributed by atoms with E-state index in [0.717, 1.165) is 0 Å². The summed E-state index contributed by atoms with van der Waals surface area (Å²) in [7, 11) is 0. The van der Waals surface area contributed by atoms with E-state index in [9.17, 15) is 9.59 Å². The summed E-state index contributed by atoms with van der Waals surface area (Å²) < 4.78 is 10.3. The fourth-order valence-electron chi connectivity index (χ4n) is 2.35. The summed E-state index contributed by atoms with van der Waals surface area (Å²) in [5, 5.41) is 4.21. The highest BCUT2D eigenvalue weighted by molar-refractivity contribution is 5.91. The highest BCUT2D eigenvalue weighted by Crippen LogP contribution is 2.19. The van der Waals surface area contributed by atoms with Crippen LogP contribution in [0.25, 0.3) is 10.9 Å². The quantitative estimate of drug-likeness (QED) is 0.746. The number of hydrogen-bond acceptors (Lipinski definition) is 6. The topological polar surface area (TPSA) is 98.1 Å². The molecule has 2 aromatic heterocycles. The van der Waals surface area contributed by atoms with Gasteiger partial charge >= 0.3 is 5.97 Å². The van der Waals surface area contributed by atoms with E-state index in [4.69, 9.17) is 9.26 Å². The van der Waals surface area contributed by atoms with Gasteiger partial charge in [-0.15, -0.1) is 0 Å². The van der Waals surface area contributed by atoms with Gasteiger partial charge in [-0.25, -0.2) is 9.78 Å². The Bertz CT molecular complexity index is 922. The normalized spacial score (nSPS) is 12.3. The van der Waals surface area contributed by atoms with E-state index in [1.54, 1.807) is 45.0 Å². The second-order valence-electron chi connectivity index (χ2n) is 5.22. The number of aryl methyl sites for hydroxylation is 2. The van der Waals surface area contributed by atoms with Gasteiger partial charge in [0, 0.05) is 0 Å². The van der Waals surface area contributed by atoms with Crippen molar-refractivity contribution in [3.8, 4) is 0 Å². The molecule has 2 heterocycles. The molecule has 0 aliphatic carbocycles. The Morgan fingerprint density at radius 2 is 2.04 bits per heavy atom. The van der Waals surface area contributed by atoms with E-state index >= 15 is 0 Å². The number of esters is 1. The summed E-state index contributed by atoms with van der Waals surface area (Å²) in [6.45, 7) is 4.94. The SMILES string of the molecule is Cc1noc(C)c1C(=O)O[C@H](C)c1nc2ccccc2c(=O)[nH]1. The summed E-state index contributed by atoms with van der Waals surface area (Å²) in [6.07, 6.45) is -0.714. The second kappa shape index (κ2) is 5.68. The van der Waals surface area contributed by atoms with Gasteiger partial charge in [0.1, 0.15) is 11.3 Å². The smallest absolute Gasteiger partial charge is 0.344 e. The number of ether oxygens (including phenoxy) is 1. The van der Waals surface area contributed by atoms with Gasteiger partial charge in [-0.3, -0.25) is 4.79 Å². The van der Waals surface area contributed by atoms with Gasteiger partial charge in [0.2, 0.25) is 0 Å². The van der Waals surface area contributed by atoms with Crippen LogP contribution in [0.1, 0.15) is 40.7 Å². The van der Waals surface area contributed by atoms with Gasteiger partial charge in [0.25, 0.3) is 5.56 Å². The van der Waals surface area contributed by atoms with E-state index in [1.165, 1.54) is 0 Å². The number of benzene rings is 1. The van der Waals surface area contributed by atoms with Crippen LogP contribution in [0, 0.1) is 13.8 Å². The molecular weight excluding hydrogens is 298 g/mol. The van der Waals surface area contributed by atoms with Crippen LogP contribution in [0.3, 0.4) is 0 Å². The molecule has 0 spiro atoms. The minimum absolute atomic E-state index is 0.272. The minimum atomic E-state index is -0.714. The molecule has 0 fully saturated rings. The van der Waals surface area contributed by atoms with Gasteiger partial charge in [0.15, 0.2) is 11.9 Å². The summed E-state index contributed by atoms with van der Waals surface area (Å²) >= 11 is 0. The lowest BCUT2D eigenvalue weighted by atomic mass is 10.2. The van der Waals surface area contributed by atoms with Crippen LogP contribution in [0.5, 0.6) is 0 Å². The number of nitrogens with one attached hydrogen (secondary N) is 1. The first-order valence-electron chi connectivity index (χ1n) is 7.10. The number of rotatable bonds is 3. The maximum atomic E-state index is 12.2. The molecule has 7 nitrogen and oxygen atoms in total. The largest absolute Gasteiger partial charge is 0.451 e. The molecular formula is C16H15N3O4. The molecule has 0 saturated heterocycles. The van der Waals surface area contributed by atoms with Crippen LogP contribution < -0.4 is 5.56 Å². The number of carbonyl (C=O) groups excluding carboxylic acids is 1. The van der Waals surface area contributed by atoms with Crippen LogP contribution in [0.15, 0.2) is 33.6 Å². The molecule has 0 aliphatic rings. The molecule has 3 aromatic rings. The van der Waals surface area contributed by atoms with E-state index in [-0.39, 0.29) is 11.4 Å². The fraction of sp³-hybridized carbons (Fsp3) is 0.250. The van der Waals surface area contributed by atoms with Crippen molar-refractivity contribution in [1.82, 2.24) is 15.1 Å². The molecule has 0 bridgehead atoms. The van der Waals surface area contributed by atoms with Gasteiger partial charge in [0.05, 0.1) is 16.6 Å². The Balaban J connectivity index is 1.90. The lowest BCUT2D eigenvalue weighted by Crippen LogP contribution is -2.18. The Morgan fingerprint density at radius 3 is 2.74 bits per heavy atom. The highest BCUT2D eigenvalue weighted by Gasteiger charge is 2.22. The monoisotopic (exact) mass is 313 g/mol. The van der Waals surface area contributed by atoms with Gasteiger partial charge < -0.3 is 14.2 Å². The van der Waals surface area contributed by atoms with Crippen molar-refractivity contribution in [3.63, 3.8) is 0 Å². The van der Waals surface area contributed by atoms with Crippen LogP contribution >= 0.6 is 0 Å². The van der Waals surface area contributed by atoms with Gasteiger partial charge in [-0.1, -0.05) is 17.3 Å². The Kier molecular flexibility index (Phi) is 3.69. The summed E-state index contributed by atoms with van der Waals surface area (Å²) in [6, 6.07) is 6.97. The molecule has 0 saturated carbocycles. The van der Waals surface area contributed by atoms with Crippen molar-refractivity contribution in [2.45, 2.75) is 26.9 Å². The highest BCUT2D eigenvalue weighted by atomic mass is 16.5. The third-order valence-corrected chi connectivity index (χ3v) is 3.54. The molecule has 23 heavy (non-hydrogen) atoms. The van der Waals surface area contributed by atoms with Crippen LogP contribution in [-0.2, 0) is 4.74 Å². The number of nitrogens with zero attached hydrogens (tertiary/aromatic N) is 2. The van der Waals surface area contributed by atoms with Crippen molar-refractivity contribution in [2.24, 2.45) is 0 Å². The number of aromatic nitrogens is 3. The maximum absolute atomic E-state index is 12.2. The van der Waals surface area contributed by atoms with Gasteiger partial charge in [-0.2, -0.15) is 0 Å². The van der Waals surface area contributed by atoms with E-state index in [1.807, 2.05) is 0 Å². The first-order valence-corrected chi connectivity index (χ1v) is 7.10. The maximum Gasteiger partial charge on any atom is 0.344 e. The number of para-hydroxylation sites is 1. The lowest BCUT2D eigenvalue weighted by Gasteiger charge is -2.12. The van der Waals surface area contributed by atoms with Crippen LogP contribution in [0.2, 0.25) is 0 Å². The molecule has 1 aromatic carbocycles. The van der Waals surface area contributed by atoms with Gasteiger partial charge in [-0.05, 0) is 32.9 Å². The van der Waals surface area contributed by atoms with Crippen LogP contribution in [-0.4, -0.2) is 21.1 Å². The van der Waals surface area contributed by atoms with Crippen LogP contribution in [0.4, 0.5) is 0 Å². The molecule has 7 heteroatoms. The molecule has 3 rings (SSSR count). The first-order chi connectivity index (χ1) is 11.0. The zero-order valence-corrected chi connectivity index (χ0v) is 12.9. The molecule has 0 amide bonds. The molecule has 1 N–H and O–H groups in total. The average Bonchev–Trinajstić information content (AvgIpc) is 2.86. The number of hydrogen-bond donors (Lipinski definition) is 1. The van der Waals surface area contributed by atoms with Crippen molar-refractivity contribution in [2.75, 3.05) is 0 Å². The molecule has 0 radical (unpaired) electrons. The first kappa shape index (κ1) is 15.0. The summed E-state index contributed by atoms with van der Waals surface area (Å²) in [5.41, 5.74) is 1.02. The predicted molar refractivity (Wildman–Crippen MR) is 82.2 cm³/mol. The molecule has 118 valence electrons. The molecule has 1 atom stereocenters. The number of fused-ring (bicyclic) bond motifs is 1. The third kappa shape index (κ3) is 2.73. The Hall–Kier alpha value is -2.96. The Morgan fingerprint density at radius 1 is 1.30 bits per heavy atom. The Labute approximate surface area is 131 Å². The molecule has 0 aliphatic heterocycles. The zero-order valence-electron chi connectivity index (χ0n) is 12.9. The van der Waals surface area contributed by atoms with Crippen molar-refractivity contribution in [3.05, 3.63) is 57.5 Å². The zero-order chi connectivity index (χ0) is 16.6. The average molecular weight is 313 g/mol. The summed E-state index contributed by atoms with van der Waals surface area (Å²) in [4.78, 5) is 31.3. The second-order valence-corrected chi connectivity index (χ2v) is 5.22. The number of H-pyrrole nitrogens is 1. The predicted octanol–water partition coefficient (Wildman–Crippen LogP) is 2.45. The summed E-state index contributed by atoms with van der Waals surface area (Å²) in [5.74, 6) is 0.109. The number of aromatic amines is 1.